The van der Waals surface area contributed by atoms with E-state index in [1.807, 2.05) is 11.9 Å². The predicted molar refractivity (Wildman–Crippen MR) is 66.8 cm³/mol. The first kappa shape index (κ1) is 12.6. The van der Waals surface area contributed by atoms with Gasteiger partial charge in [0, 0.05) is 12.6 Å². The maximum absolute atomic E-state index is 12.4. The topological polar surface area (TPSA) is 41.6 Å². The number of hydrogen-bond acceptors (Lipinski definition) is 3. The summed E-state index contributed by atoms with van der Waals surface area (Å²) in [4.78, 5) is 14.4. The van der Waals surface area contributed by atoms with Crippen LogP contribution < -0.4 is 5.32 Å². The standard InChI is InChI=1S/C13H22N2O2/c1-14-12-10-17-9-8-15(13(12)16)11-6-4-2-3-5-7-11/h2-3,11-12,14H,4-10H2,1H3. The minimum Gasteiger partial charge on any atom is -0.377 e. The fraction of sp³-hybridized carbons (Fsp3) is 0.769. The second-order valence-electron chi connectivity index (χ2n) is 4.73. The third-order valence-corrected chi connectivity index (χ3v) is 3.63. The van der Waals surface area contributed by atoms with E-state index >= 15 is 0 Å². The molecule has 0 aromatic rings. The molecule has 0 bridgehead atoms. The zero-order valence-electron chi connectivity index (χ0n) is 10.5. The molecule has 2 rings (SSSR count). The van der Waals surface area contributed by atoms with E-state index in [0.717, 1.165) is 32.2 Å². The highest BCUT2D eigenvalue weighted by atomic mass is 16.5. The van der Waals surface area contributed by atoms with Crippen molar-refractivity contribution >= 4 is 5.91 Å². The van der Waals surface area contributed by atoms with Gasteiger partial charge in [0.1, 0.15) is 6.04 Å². The molecule has 1 saturated heterocycles. The third kappa shape index (κ3) is 3.07. The molecule has 0 aromatic heterocycles. The molecule has 96 valence electrons. The van der Waals surface area contributed by atoms with Crippen molar-refractivity contribution in [3.8, 4) is 0 Å². The summed E-state index contributed by atoms with van der Waals surface area (Å²) in [6, 6.07) is 0.212. The quantitative estimate of drug-likeness (QED) is 0.728. The maximum Gasteiger partial charge on any atom is 0.242 e. The van der Waals surface area contributed by atoms with Gasteiger partial charge in [-0.3, -0.25) is 4.79 Å². The van der Waals surface area contributed by atoms with Crippen LogP contribution >= 0.6 is 0 Å². The molecule has 0 aromatic carbocycles. The van der Waals surface area contributed by atoms with Crippen LogP contribution in [0.2, 0.25) is 0 Å². The monoisotopic (exact) mass is 238 g/mol. The maximum atomic E-state index is 12.4. The van der Waals surface area contributed by atoms with Crippen LogP contribution in [-0.2, 0) is 9.53 Å². The Kier molecular flexibility index (Phi) is 4.57. The van der Waals surface area contributed by atoms with Gasteiger partial charge in [0.05, 0.1) is 13.2 Å². The lowest BCUT2D eigenvalue weighted by molar-refractivity contribution is -0.135. The summed E-state index contributed by atoms with van der Waals surface area (Å²) in [6.45, 7) is 1.90. The molecule has 2 aliphatic rings. The number of amides is 1. The van der Waals surface area contributed by atoms with Crippen LogP contribution in [0.1, 0.15) is 25.7 Å². The van der Waals surface area contributed by atoms with Gasteiger partial charge in [-0.05, 0) is 32.7 Å². The van der Waals surface area contributed by atoms with Gasteiger partial charge in [-0.1, -0.05) is 12.2 Å². The number of rotatable bonds is 2. The summed E-state index contributed by atoms with van der Waals surface area (Å²) in [7, 11) is 1.82. The number of allylic oxidation sites excluding steroid dienone is 2. The normalized spacial score (nSPS) is 27.9. The summed E-state index contributed by atoms with van der Waals surface area (Å²) in [5.41, 5.74) is 0. The Morgan fingerprint density at radius 3 is 2.71 bits per heavy atom. The Balaban J connectivity index is 2.03. The molecular weight excluding hydrogens is 216 g/mol. The largest absolute Gasteiger partial charge is 0.377 e. The molecule has 1 atom stereocenters. The summed E-state index contributed by atoms with van der Waals surface area (Å²) in [5, 5.41) is 3.05. The number of nitrogens with one attached hydrogen (secondary N) is 1. The average molecular weight is 238 g/mol. The van der Waals surface area contributed by atoms with Gasteiger partial charge in [0.15, 0.2) is 0 Å². The van der Waals surface area contributed by atoms with E-state index < -0.39 is 0 Å². The summed E-state index contributed by atoms with van der Waals surface area (Å²) < 4.78 is 5.48. The van der Waals surface area contributed by atoms with Crippen molar-refractivity contribution in [2.24, 2.45) is 0 Å². The summed E-state index contributed by atoms with van der Waals surface area (Å²) >= 11 is 0. The van der Waals surface area contributed by atoms with Crippen LogP contribution in [0.4, 0.5) is 0 Å². The molecule has 1 fully saturated rings. The molecular formula is C13H22N2O2. The highest BCUT2D eigenvalue weighted by Crippen LogP contribution is 2.19. The number of likely N-dealkylation sites (N-methyl/N-ethyl adjacent to an activating group) is 1. The number of carbonyl (C=O) groups is 1. The van der Waals surface area contributed by atoms with Crippen molar-refractivity contribution in [1.82, 2.24) is 10.2 Å². The van der Waals surface area contributed by atoms with Gasteiger partial charge >= 0.3 is 0 Å². The van der Waals surface area contributed by atoms with E-state index in [2.05, 4.69) is 17.5 Å². The molecule has 1 aliphatic heterocycles. The van der Waals surface area contributed by atoms with Crippen LogP contribution in [0.25, 0.3) is 0 Å². The molecule has 4 heteroatoms. The number of nitrogens with zero attached hydrogens (tertiary/aromatic N) is 1. The van der Waals surface area contributed by atoms with Crippen molar-refractivity contribution < 1.29 is 9.53 Å². The smallest absolute Gasteiger partial charge is 0.242 e. The molecule has 1 amide bonds. The second-order valence-corrected chi connectivity index (χ2v) is 4.73. The number of ether oxygens (including phenoxy) is 1. The molecule has 4 nitrogen and oxygen atoms in total. The lowest BCUT2D eigenvalue weighted by atomic mass is 10.1. The van der Waals surface area contributed by atoms with E-state index in [1.54, 1.807) is 0 Å². The fourth-order valence-corrected chi connectivity index (χ4v) is 2.58. The van der Waals surface area contributed by atoms with Crippen LogP contribution in [0.5, 0.6) is 0 Å². The van der Waals surface area contributed by atoms with Crippen molar-refractivity contribution in [2.75, 3.05) is 26.8 Å². The van der Waals surface area contributed by atoms with Gasteiger partial charge in [0.25, 0.3) is 0 Å². The van der Waals surface area contributed by atoms with E-state index in [9.17, 15) is 4.79 Å². The van der Waals surface area contributed by atoms with Gasteiger partial charge in [0.2, 0.25) is 5.91 Å². The highest BCUT2D eigenvalue weighted by molar-refractivity contribution is 5.82. The summed E-state index contributed by atoms with van der Waals surface area (Å²) in [5.74, 6) is 0.205. The Hall–Kier alpha value is -0.870. The molecule has 1 N–H and O–H groups in total. The third-order valence-electron chi connectivity index (χ3n) is 3.63. The molecule has 0 saturated carbocycles. The number of hydrogen-bond donors (Lipinski definition) is 1. The first-order valence-electron chi connectivity index (χ1n) is 6.53. The molecule has 1 aliphatic carbocycles. The highest BCUT2D eigenvalue weighted by Gasteiger charge is 2.30. The fourth-order valence-electron chi connectivity index (χ4n) is 2.58. The van der Waals surface area contributed by atoms with Gasteiger partial charge in [-0.15, -0.1) is 0 Å². The molecule has 17 heavy (non-hydrogen) atoms. The van der Waals surface area contributed by atoms with Crippen LogP contribution in [0, 0.1) is 0 Å². The Labute approximate surface area is 103 Å². The first-order chi connectivity index (χ1) is 8.33. The lowest BCUT2D eigenvalue weighted by Gasteiger charge is -2.31. The van der Waals surface area contributed by atoms with E-state index in [1.165, 1.54) is 0 Å². The first-order valence-corrected chi connectivity index (χ1v) is 6.53. The van der Waals surface area contributed by atoms with E-state index in [-0.39, 0.29) is 11.9 Å². The molecule has 1 heterocycles. The predicted octanol–water partition coefficient (Wildman–Crippen LogP) is 0.932. The molecule has 0 spiro atoms. The number of carbonyl (C=O) groups excluding carboxylic acids is 1. The van der Waals surface area contributed by atoms with Gasteiger partial charge in [-0.25, -0.2) is 0 Å². The SMILES string of the molecule is CNC1COCCN(C2CCC=CCC2)C1=O. The van der Waals surface area contributed by atoms with Crippen molar-refractivity contribution in [3.05, 3.63) is 12.2 Å². The lowest BCUT2D eigenvalue weighted by Crippen LogP contribution is -2.49. The average Bonchev–Trinajstić information content (AvgIpc) is 2.69. The Morgan fingerprint density at radius 2 is 2.06 bits per heavy atom. The molecule has 0 radical (unpaired) electrons. The zero-order valence-corrected chi connectivity index (χ0v) is 10.5. The van der Waals surface area contributed by atoms with Crippen LogP contribution in [-0.4, -0.2) is 49.7 Å². The van der Waals surface area contributed by atoms with Crippen molar-refractivity contribution in [2.45, 2.75) is 37.8 Å². The summed E-state index contributed by atoms with van der Waals surface area (Å²) in [6.07, 6.45) is 8.79. The van der Waals surface area contributed by atoms with Crippen LogP contribution in [0.3, 0.4) is 0 Å². The second kappa shape index (κ2) is 6.17. The van der Waals surface area contributed by atoms with Crippen molar-refractivity contribution in [1.29, 1.82) is 0 Å². The van der Waals surface area contributed by atoms with Gasteiger partial charge < -0.3 is 15.0 Å². The van der Waals surface area contributed by atoms with Crippen LogP contribution in [0.15, 0.2) is 12.2 Å². The van der Waals surface area contributed by atoms with Gasteiger partial charge in [-0.2, -0.15) is 0 Å². The Bertz CT molecular complexity index is 281. The van der Waals surface area contributed by atoms with Crippen molar-refractivity contribution in [3.63, 3.8) is 0 Å². The van der Waals surface area contributed by atoms with E-state index in [0.29, 0.717) is 19.3 Å². The Morgan fingerprint density at radius 1 is 1.35 bits per heavy atom. The molecule has 1 unspecified atom stereocenters. The minimum atomic E-state index is -0.172. The minimum absolute atomic E-state index is 0.172. The zero-order chi connectivity index (χ0) is 12.1. The van der Waals surface area contributed by atoms with E-state index in [4.69, 9.17) is 4.74 Å².